The summed E-state index contributed by atoms with van der Waals surface area (Å²) < 4.78 is 0. The molecule has 2 nitrogen and oxygen atoms in total. The van der Waals surface area contributed by atoms with Gasteiger partial charge >= 0.3 is 0 Å². The van der Waals surface area contributed by atoms with Crippen molar-refractivity contribution in [1.29, 1.82) is 0 Å². The molecule has 0 fully saturated rings. The van der Waals surface area contributed by atoms with E-state index in [1.54, 1.807) is 29.5 Å². The molecule has 0 aliphatic heterocycles. The Morgan fingerprint density at radius 3 is 2.55 bits per heavy atom. The van der Waals surface area contributed by atoms with Crippen LogP contribution in [-0.2, 0) is 11.8 Å². The molecular formula is C15H17Cl2NOS. The Labute approximate surface area is 133 Å². The second kappa shape index (κ2) is 6.02. The predicted octanol–water partition coefficient (Wildman–Crippen LogP) is 5.02. The number of aromatic nitrogens is 1. The Balaban J connectivity index is 2.15. The summed E-state index contributed by atoms with van der Waals surface area (Å²) in [5.74, 6) is 0. The Morgan fingerprint density at radius 1 is 1.30 bits per heavy atom. The summed E-state index contributed by atoms with van der Waals surface area (Å²) in [6.07, 6.45) is -0.207. The van der Waals surface area contributed by atoms with E-state index in [0.717, 1.165) is 10.7 Å². The van der Waals surface area contributed by atoms with Gasteiger partial charge in [-0.05, 0) is 17.7 Å². The molecule has 0 saturated heterocycles. The van der Waals surface area contributed by atoms with E-state index in [0.29, 0.717) is 22.0 Å². The van der Waals surface area contributed by atoms with Crippen molar-refractivity contribution < 1.29 is 5.11 Å². The Morgan fingerprint density at radius 2 is 2.00 bits per heavy atom. The maximum absolute atomic E-state index is 10.3. The van der Waals surface area contributed by atoms with Gasteiger partial charge in [-0.3, -0.25) is 0 Å². The van der Waals surface area contributed by atoms with Crippen LogP contribution < -0.4 is 0 Å². The lowest BCUT2D eigenvalue weighted by Gasteiger charge is -2.14. The molecule has 2 aromatic rings. The van der Waals surface area contributed by atoms with E-state index < -0.39 is 6.10 Å². The van der Waals surface area contributed by atoms with Crippen LogP contribution in [0.25, 0.3) is 0 Å². The quantitative estimate of drug-likeness (QED) is 0.857. The second-order valence-corrected chi connectivity index (χ2v) is 7.55. The SMILES string of the molecule is CC(C)(C)c1csc(CC(O)c2ccc(Cl)cc2Cl)n1. The molecule has 0 amide bonds. The topological polar surface area (TPSA) is 33.1 Å². The van der Waals surface area contributed by atoms with Crippen molar-refractivity contribution in [2.24, 2.45) is 0 Å². The molecular weight excluding hydrogens is 313 g/mol. The van der Waals surface area contributed by atoms with E-state index in [-0.39, 0.29) is 5.41 Å². The molecule has 2 rings (SSSR count). The highest BCUT2D eigenvalue weighted by Gasteiger charge is 2.19. The highest BCUT2D eigenvalue weighted by Crippen LogP contribution is 2.30. The van der Waals surface area contributed by atoms with E-state index in [4.69, 9.17) is 23.2 Å². The number of thiazole rings is 1. The highest BCUT2D eigenvalue weighted by molar-refractivity contribution is 7.09. The lowest BCUT2D eigenvalue weighted by Crippen LogP contribution is -2.12. The van der Waals surface area contributed by atoms with E-state index in [1.165, 1.54) is 0 Å². The molecule has 1 N–H and O–H groups in total. The van der Waals surface area contributed by atoms with Crippen LogP contribution in [0.2, 0.25) is 10.0 Å². The first-order chi connectivity index (χ1) is 9.27. The predicted molar refractivity (Wildman–Crippen MR) is 85.9 cm³/mol. The molecule has 1 heterocycles. The van der Waals surface area contributed by atoms with Crippen molar-refractivity contribution >= 4 is 34.5 Å². The van der Waals surface area contributed by atoms with Crippen LogP contribution in [0.3, 0.4) is 0 Å². The van der Waals surface area contributed by atoms with Crippen LogP contribution in [0.4, 0.5) is 0 Å². The summed E-state index contributed by atoms with van der Waals surface area (Å²) in [6, 6.07) is 5.13. The van der Waals surface area contributed by atoms with E-state index in [2.05, 4.69) is 25.8 Å². The summed E-state index contributed by atoms with van der Waals surface area (Å²) >= 11 is 13.5. The molecule has 0 bridgehead atoms. The largest absolute Gasteiger partial charge is 0.388 e. The lowest BCUT2D eigenvalue weighted by molar-refractivity contribution is 0.178. The van der Waals surface area contributed by atoms with Crippen molar-refractivity contribution in [2.45, 2.75) is 38.7 Å². The maximum atomic E-state index is 10.3. The summed E-state index contributed by atoms with van der Waals surface area (Å²) in [5.41, 5.74) is 1.76. The summed E-state index contributed by atoms with van der Waals surface area (Å²) in [7, 11) is 0. The molecule has 0 aliphatic carbocycles. The fourth-order valence-corrected chi connectivity index (χ4v) is 3.39. The zero-order valence-corrected chi connectivity index (χ0v) is 14.0. The van der Waals surface area contributed by atoms with Crippen LogP contribution in [0.15, 0.2) is 23.6 Å². The van der Waals surface area contributed by atoms with E-state index in [9.17, 15) is 5.11 Å². The van der Waals surface area contributed by atoms with Crippen LogP contribution in [0, 0.1) is 0 Å². The van der Waals surface area contributed by atoms with Gasteiger partial charge < -0.3 is 5.11 Å². The normalized spacial score (nSPS) is 13.5. The minimum atomic E-state index is -0.668. The van der Waals surface area contributed by atoms with Crippen molar-refractivity contribution in [2.75, 3.05) is 0 Å². The molecule has 1 atom stereocenters. The molecule has 0 aliphatic rings. The Hall–Kier alpha value is -0.610. The van der Waals surface area contributed by atoms with Gasteiger partial charge in [0.05, 0.1) is 16.8 Å². The summed E-state index contributed by atoms with van der Waals surface area (Å²) in [5, 5.41) is 14.3. The van der Waals surface area contributed by atoms with Gasteiger partial charge in [-0.15, -0.1) is 11.3 Å². The standard InChI is InChI=1S/C15H17Cl2NOS/c1-15(2,3)13-8-20-14(18-13)7-12(19)10-5-4-9(16)6-11(10)17/h4-6,8,12,19H,7H2,1-3H3. The molecule has 1 aromatic heterocycles. The Bertz CT molecular complexity index is 604. The fourth-order valence-electron chi connectivity index (χ4n) is 1.80. The van der Waals surface area contributed by atoms with Crippen molar-refractivity contribution in [3.05, 3.63) is 49.9 Å². The summed E-state index contributed by atoms with van der Waals surface area (Å²) in [4.78, 5) is 4.58. The number of benzene rings is 1. The second-order valence-electron chi connectivity index (χ2n) is 5.76. The number of halogens is 2. The maximum Gasteiger partial charge on any atom is 0.0957 e. The van der Waals surface area contributed by atoms with Gasteiger partial charge in [0.1, 0.15) is 0 Å². The van der Waals surface area contributed by atoms with Gasteiger partial charge in [-0.2, -0.15) is 0 Å². The zero-order valence-electron chi connectivity index (χ0n) is 11.7. The van der Waals surface area contributed by atoms with Crippen molar-refractivity contribution in [3.8, 4) is 0 Å². The number of hydrogen-bond acceptors (Lipinski definition) is 3. The molecule has 0 radical (unpaired) electrons. The average Bonchev–Trinajstić information content (AvgIpc) is 2.76. The van der Waals surface area contributed by atoms with Crippen molar-refractivity contribution in [3.63, 3.8) is 0 Å². The van der Waals surface area contributed by atoms with Gasteiger partial charge in [0.15, 0.2) is 0 Å². The van der Waals surface area contributed by atoms with Gasteiger partial charge in [0, 0.05) is 27.3 Å². The number of hydrogen-bond donors (Lipinski definition) is 1. The van der Waals surface area contributed by atoms with Crippen LogP contribution >= 0.6 is 34.5 Å². The number of nitrogens with zero attached hydrogens (tertiary/aromatic N) is 1. The molecule has 1 aromatic carbocycles. The van der Waals surface area contributed by atoms with Gasteiger partial charge in [-0.25, -0.2) is 4.98 Å². The smallest absolute Gasteiger partial charge is 0.0957 e. The summed E-state index contributed by atoms with van der Waals surface area (Å²) in [6.45, 7) is 6.37. The Kier molecular flexibility index (Phi) is 4.75. The number of aliphatic hydroxyl groups is 1. The molecule has 0 saturated carbocycles. The highest BCUT2D eigenvalue weighted by atomic mass is 35.5. The zero-order chi connectivity index (χ0) is 14.9. The molecule has 5 heteroatoms. The molecule has 1 unspecified atom stereocenters. The van der Waals surface area contributed by atoms with Crippen LogP contribution in [0.5, 0.6) is 0 Å². The van der Waals surface area contributed by atoms with Gasteiger partial charge in [0.25, 0.3) is 0 Å². The molecule has 108 valence electrons. The van der Waals surface area contributed by atoms with E-state index >= 15 is 0 Å². The third-order valence-electron chi connectivity index (χ3n) is 3.01. The first-order valence-electron chi connectivity index (χ1n) is 6.35. The molecule has 20 heavy (non-hydrogen) atoms. The van der Waals surface area contributed by atoms with Gasteiger partial charge in [0.2, 0.25) is 0 Å². The third kappa shape index (κ3) is 3.73. The van der Waals surface area contributed by atoms with Crippen molar-refractivity contribution in [1.82, 2.24) is 4.98 Å². The lowest BCUT2D eigenvalue weighted by atomic mass is 9.93. The van der Waals surface area contributed by atoms with Crippen LogP contribution in [-0.4, -0.2) is 10.1 Å². The minimum absolute atomic E-state index is 0.0254. The van der Waals surface area contributed by atoms with Gasteiger partial charge in [-0.1, -0.05) is 50.0 Å². The van der Waals surface area contributed by atoms with E-state index in [1.807, 2.05) is 5.38 Å². The van der Waals surface area contributed by atoms with Crippen LogP contribution in [0.1, 0.15) is 43.1 Å². The third-order valence-corrected chi connectivity index (χ3v) is 4.44. The first kappa shape index (κ1) is 15.8. The fraction of sp³-hybridized carbons (Fsp3) is 0.400. The number of aliphatic hydroxyl groups excluding tert-OH is 1. The monoisotopic (exact) mass is 329 g/mol. The first-order valence-corrected chi connectivity index (χ1v) is 7.99. The number of rotatable bonds is 3. The average molecular weight is 330 g/mol. The molecule has 0 spiro atoms. The minimum Gasteiger partial charge on any atom is -0.388 e.